The van der Waals surface area contributed by atoms with Gasteiger partial charge in [-0.05, 0) is 35.0 Å². The van der Waals surface area contributed by atoms with Crippen LogP contribution in [0.15, 0.2) is 15.9 Å². The maximum atomic E-state index is 11.5. The second kappa shape index (κ2) is 5.48. The molecule has 78 valence electrons. The number of rotatable bonds is 4. The average molecular weight is 277 g/mol. The van der Waals surface area contributed by atoms with Gasteiger partial charge in [-0.2, -0.15) is 0 Å². The minimum absolute atomic E-state index is 0.0322. The maximum Gasteiger partial charge on any atom is 0.228 e. The SMILES string of the molecule is CC(C(=O)NCCN)c1ccc(Br)s1. The van der Waals surface area contributed by atoms with Gasteiger partial charge in [0.25, 0.3) is 0 Å². The van der Waals surface area contributed by atoms with Crippen molar-refractivity contribution < 1.29 is 4.79 Å². The van der Waals surface area contributed by atoms with E-state index in [0.29, 0.717) is 13.1 Å². The molecule has 5 heteroatoms. The van der Waals surface area contributed by atoms with Crippen molar-refractivity contribution in [2.45, 2.75) is 12.8 Å². The van der Waals surface area contributed by atoms with Crippen LogP contribution in [0.5, 0.6) is 0 Å². The number of halogens is 1. The molecule has 1 amide bonds. The van der Waals surface area contributed by atoms with Crippen molar-refractivity contribution >= 4 is 33.2 Å². The van der Waals surface area contributed by atoms with Gasteiger partial charge in [0.2, 0.25) is 5.91 Å². The van der Waals surface area contributed by atoms with Crippen LogP contribution in [0.3, 0.4) is 0 Å². The minimum Gasteiger partial charge on any atom is -0.354 e. The van der Waals surface area contributed by atoms with E-state index in [2.05, 4.69) is 21.2 Å². The molecule has 0 aliphatic heterocycles. The van der Waals surface area contributed by atoms with E-state index >= 15 is 0 Å². The van der Waals surface area contributed by atoms with Crippen molar-refractivity contribution in [1.29, 1.82) is 0 Å². The van der Waals surface area contributed by atoms with Crippen LogP contribution in [0.4, 0.5) is 0 Å². The summed E-state index contributed by atoms with van der Waals surface area (Å²) in [5.41, 5.74) is 5.30. The zero-order valence-corrected chi connectivity index (χ0v) is 10.3. The molecule has 0 saturated carbocycles. The van der Waals surface area contributed by atoms with Gasteiger partial charge in [-0.15, -0.1) is 11.3 Å². The molecule has 3 nitrogen and oxygen atoms in total. The molecule has 14 heavy (non-hydrogen) atoms. The summed E-state index contributed by atoms with van der Waals surface area (Å²) in [6, 6.07) is 3.91. The quantitative estimate of drug-likeness (QED) is 0.880. The van der Waals surface area contributed by atoms with Gasteiger partial charge in [0, 0.05) is 18.0 Å². The van der Waals surface area contributed by atoms with Gasteiger partial charge < -0.3 is 11.1 Å². The number of hydrogen-bond acceptors (Lipinski definition) is 3. The first-order valence-corrected chi connectivity index (χ1v) is 5.99. The molecule has 0 radical (unpaired) electrons. The second-order valence-electron chi connectivity index (χ2n) is 2.94. The van der Waals surface area contributed by atoms with Crippen molar-refractivity contribution in [2.75, 3.05) is 13.1 Å². The first kappa shape index (κ1) is 11.7. The zero-order valence-electron chi connectivity index (χ0n) is 7.92. The van der Waals surface area contributed by atoms with E-state index in [0.717, 1.165) is 8.66 Å². The Morgan fingerprint density at radius 3 is 2.93 bits per heavy atom. The largest absolute Gasteiger partial charge is 0.354 e. The van der Waals surface area contributed by atoms with Crippen LogP contribution in [0.1, 0.15) is 17.7 Å². The lowest BCUT2D eigenvalue weighted by Crippen LogP contribution is -2.32. The van der Waals surface area contributed by atoms with Crippen LogP contribution < -0.4 is 11.1 Å². The molecule has 0 bridgehead atoms. The number of amides is 1. The third-order valence-corrected chi connectivity index (χ3v) is 3.66. The molecule has 1 heterocycles. The molecule has 1 rings (SSSR count). The van der Waals surface area contributed by atoms with Crippen molar-refractivity contribution in [3.05, 3.63) is 20.8 Å². The second-order valence-corrected chi connectivity index (χ2v) is 5.44. The van der Waals surface area contributed by atoms with Crippen LogP contribution >= 0.6 is 27.3 Å². The Balaban J connectivity index is 2.56. The molecule has 3 N–H and O–H groups in total. The van der Waals surface area contributed by atoms with E-state index in [-0.39, 0.29) is 11.8 Å². The third-order valence-electron chi connectivity index (χ3n) is 1.86. The number of nitrogens with two attached hydrogens (primary N) is 1. The van der Waals surface area contributed by atoms with Crippen LogP contribution in [0.2, 0.25) is 0 Å². The van der Waals surface area contributed by atoms with Crippen LogP contribution in [0.25, 0.3) is 0 Å². The molecule has 0 spiro atoms. The first-order valence-electron chi connectivity index (χ1n) is 4.38. The van der Waals surface area contributed by atoms with E-state index in [1.54, 1.807) is 11.3 Å². The molecule has 1 atom stereocenters. The van der Waals surface area contributed by atoms with Crippen molar-refractivity contribution in [1.82, 2.24) is 5.32 Å². The Morgan fingerprint density at radius 1 is 1.71 bits per heavy atom. The number of hydrogen-bond donors (Lipinski definition) is 2. The highest BCUT2D eigenvalue weighted by Crippen LogP contribution is 2.28. The monoisotopic (exact) mass is 276 g/mol. The van der Waals surface area contributed by atoms with E-state index < -0.39 is 0 Å². The summed E-state index contributed by atoms with van der Waals surface area (Å²) in [7, 11) is 0. The summed E-state index contributed by atoms with van der Waals surface area (Å²) in [6.07, 6.45) is 0. The maximum absolute atomic E-state index is 11.5. The van der Waals surface area contributed by atoms with Crippen molar-refractivity contribution in [3.63, 3.8) is 0 Å². The highest BCUT2D eigenvalue weighted by atomic mass is 79.9. The molecule has 0 aliphatic carbocycles. The average Bonchev–Trinajstić information content (AvgIpc) is 2.60. The van der Waals surface area contributed by atoms with Gasteiger partial charge in [0.1, 0.15) is 0 Å². The van der Waals surface area contributed by atoms with Gasteiger partial charge >= 0.3 is 0 Å². The van der Waals surface area contributed by atoms with Gasteiger partial charge in [-0.25, -0.2) is 0 Å². The number of carbonyl (C=O) groups excluding carboxylic acids is 1. The fourth-order valence-corrected chi connectivity index (χ4v) is 2.51. The van der Waals surface area contributed by atoms with Crippen molar-refractivity contribution in [3.8, 4) is 0 Å². The normalized spacial score (nSPS) is 12.5. The first-order chi connectivity index (χ1) is 6.65. The summed E-state index contributed by atoms with van der Waals surface area (Å²) in [4.78, 5) is 12.6. The van der Waals surface area contributed by atoms with E-state index in [1.165, 1.54) is 0 Å². The molecule has 1 aromatic heterocycles. The fourth-order valence-electron chi connectivity index (χ4n) is 1.04. The van der Waals surface area contributed by atoms with E-state index in [1.807, 2.05) is 19.1 Å². The van der Waals surface area contributed by atoms with E-state index in [9.17, 15) is 4.79 Å². The molecule has 1 aromatic rings. The number of thiophene rings is 1. The molecule has 0 aromatic carbocycles. The Bertz CT molecular complexity index is 314. The Kier molecular flexibility index (Phi) is 4.57. The minimum atomic E-state index is -0.0992. The fraction of sp³-hybridized carbons (Fsp3) is 0.444. The topological polar surface area (TPSA) is 55.1 Å². The summed E-state index contributed by atoms with van der Waals surface area (Å²) in [5.74, 6) is -0.0670. The van der Waals surface area contributed by atoms with Gasteiger partial charge in [0.15, 0.2) is 0 Å². The summed E-state index contributed by atoms with van der Waals surface area (Å²) >= 11 is 4.95. The molecule has 0 aliphatic rings. The predicted molar refractivity (Wildman–Crippen MR) is 62.5 cm³/mol. The Morgan fingerprint density at radius 2 is 2.43 bits per heavy atom. The van der Waals surface area contributed by atoms with Crippen molar-refractivity contribution in [2.24, 2.45) is 5.73 Å². The Hall–Kier alpha value is -0.390. The smallest absolute Gasteiger partial charge is 0.228 e. The number of carbonyl (C=O) groups is 1. The highest BCUT2D eigenvalue weighted by molar-refractivity contribution is 9.11. The molecular weight excluding hydrogens is 264 g/mol. The van der Waals surface area contributed by atoms with Crippen LogP contribution in [0, 0.1) is 0 Å². The Labute approximate surface area is 95.8 Å². The van der Waals surface area contributed by atoms with E-state index in [4.69, 9.17) is 5.73 Å². The van der Waals surface area contributed by atoms with Gasteiger partial charge in [-0.3, -0.25) is 4.79 Å². The van der Waals surface area contributed by atoms with Gasteiger partial charge in [-0.1, -0.05) is 0 Å². The molecule has 0 fully saturated rings. The predicted octanol–water partition coefficient (Wildman–Crippen LogP) is 1.69. The highest BCUT2D eigenvalue weighted by Gasteiger charge is 2.15. The third kappa shape index (κ3) is 3.08. The lowest BCUT2D eigenvalue weighted by atomic mass is 10.1. The van der Waals surface area contributed by atoms with Crippen LogP contribution in [-0.4, -0.2) is 19.0 Å². The lowest BCUT2D eigenvalue weighted by molar-refractivity contribution is -0.122. The lowest BCUT2D eigenvalue weighted by Gasteiger charge is -2.09. The standard InChI is InChI=1S/C9H13BrN2OS/c1-6(9(13)12-5-4-11)7-2-3-8(10)14-7/h2-3,6H,4-5,11H2,1H3,(H,12,13). The number of nitrogens with one attached hydrogen (secondary N) is 1. The molecule has 0 saturated heterocycles. The summed E-state index contributed by atoms with van der Waals surface area (Å²) in [6.45, 7) is 2.91. The molecular formula is C9H13BrN2OS. The molecule has 1 unspecified atom stereocenters. The summed E-state index contributed by atoms with van der Waals surface area (Å²) in [5, 5.41) is 2.77. The zero-order chi connectivity index (χ0) is 10.6. The van der Waals surface area contributed by atoms with Crippen LogP contribution in [-0.2, 0) is 4.79 Å². The van der Waals surface area contributed by atoms with Gasteiger partial charge in [0.05, 0.1) is 9.70 Å². The summed E-state index contributed by atoms with van der Waals surface area (Å²) < 4.78 is 1.05.